The lowest BCUT2D eigenvalue weighted by Crippen LogP contribution is -2.43. The summed E-state index contributed by atoms with van der Waals surface area (Å²) in [6.45, 7) is 3.06. The molecule has 0 unspecified atom stereocenters. The highest BCUT2D eigenvalue weighted by Crippen LogP contribution is 2.20. The van der Waals surface area contributed by atoms with Gasteiger partial charge in [0.05, 0.1) is 6.04 Å². The van der Waals surface area contributed by atoms with Crippen molar-refractivity contribution in [3.05, 3.63) is 36.0 Å². The number of nitrogens with zero attached hydrogens (tertiary/aromatic N) is 1. The number of amides is 1. The molecule has 1 saturated heterocycles. The summed E-state index contributed by atoms with van der Waals surface area (Å²) in [5, 5.41) is 4.16. The second kappa shape index (κ2) is 10.8. The van der Waals surface area contributed by atoms with Crippen LogP contribution in [0.3, 0.4) is 0 Å². The average molecular weight is 401 g/mol. The van der Waals surface area contributed by atoms with Gasteiger partial charge in [0.15, 0.2) is 0 Å². The number of para-hydroxylation sites is 1. The summed E-state index contributed by atoms with van der Waals surface area (Å²) in [7, 11) is 2.17. The number of fused-ring (bicyclic) bond motifs is 1. The fourth-order valence-corrected chi connectivity index (χ4v) is 3.51. The molecule has 1 aromatic heterocycles. The van der Waals surface area contributed by atoms with Crippen molar-refractivity contribution in [1.82, 2.24) is 15.2 Å². The van der Waals surface area contributed by atoms with Crippen molar-refractivity contribution < 1.29 is 4.79 Å². The third-order valence-corrected chi connectivity index (χ3v) is 5.14. The van der Waals surface area contributed by atoms with Crippen LogP contribution in [0, 0.1) is 5.92 Å². The van der Waals surface area contributed by atoms with Crippen molar-refractivity contribution in [3.63, 3.8) is 0 Å². The Morgan fingerprint density at radius 3 is 2.73 bits per heavy atom. The number of aromatic nitrogens is 1. The standard InChI is InChI=1S/C19H28N4O.2ClH/c1-23-10-7-14(8-11-23)6-9-21-19(24)17(20)12-15-13-22-18-5-3-2-4-16(15)18;;/h2-5,13-14,17,22H,6-12,20H2,1H3,(H,21,24);2*1H/t17-;;/m0../s1. The summed E-state index contributed by atoms with van der Waals surface area (Å²) in [5.74, 6) is 0.680. The van der Waals surface area contributed by atoms with Crippen LogP contribution in [0.5, 0.6) is 0 Å². The highest BCUT2D eigenvalue weighted by molar-refractivity contribution is 5.86. The minimum atomic E-state index is -0.498. The number of H-pyrrole nitrogens is 1. The minimum Gasteiger partial charge on any atom is -0.361 e. The molecule has 2 aromatic rings. The SMILES string of the molecule is CN1CCC(CCNC(=O)[C@@H](N)Cc2c[nH]c3ccccc23)CC1.Cl.Cl. The summed E-state index contributed by atoms with van der Waals surface area (Å²) < 4.78 is 0. The number of hydrogen-bond donors (Lipinski definition) is 3. The first kappa shape index (κ1) is 22.8. The highest BCUT2D eigenvalue weighted by atomic mass is 35.5. The number of nitrogens with two attached hydrogens (primary N) is 1. The Hall–Kier alpha value is -1.27. The largest absolute Gasteiger partial charge is 0.361 e. The highest BCUT2D eigenvalue weighted by Gasteiger charge is 2.18. The first-order chi connectivity index (χ1) is 11.6. The first-order valence-electron chi connectivity index (χ1n) is 8.90. The van der Waals surface area contributed by atoms with E-state index in [4.69, 9.17) is 5.73 Å². The zero-order valence-electron chi connectivity index (χ0n) is 15.2. The van der Waals surface area contributed by atoms with E-state index in [9.17, 15) is 4.79 Å². The van der Waals surface area contributed by atoms with Crippen LogP contribution in [0.4, 0.5) is 0 Å². The number of rotatable bonds is 6. The Morgan fingerprint density at radius 2 is 2.00 bits per heavy atom. The molecule has 1 amide bonds. The molecule has 1 aliphatic heterocycles. The predicted octanol–water partition coefficient (Wildman–Crippen LogP) is 2.73. The Kier molecular flexibility index (Phi) is 9.44. The van der Waals surface area contributed by atoms with Gasteiger partial charge in [0, 0.05) is 23.6 Å². The van der Waals surface area contributed by atoms with E-state index in [0.717, 1.165) is 35.3 Å². The lowest BCUT2D eigenvalue weighted by Gasteiger charge is -2.29. The molecule has 0 aliphatic carbocycles. The fraction of sp³-hybridized carbons (Fsp3) is 0.526. The van der Waals surface area contributed by atoms with Crippen molar-refractivity contribution in [2.75, 3.05) is 26.7 Å². The molecule has 1 aromatic carbocycles. The van der Waals surface area contributed by atoms with Crippen LogP contribution in [0.25, 0.3) is 10.9 Å². The number of benzene rings is 1. The average Bonchev–Trinajstić information content (AvgIpc) is 3.00. The summed E-state index contributed by atoms with van der Waals surface area (Å²) in [6.07, 6.45) is 6.03. The molecule has 146 valence electrons. The molecule has 1 atom stereocenters. The smallest absolute Gasteiger partial charge is 0.237 e. The lowest BCUT2D eigenvalue weighted by molar-refractivity contribution is -0.122. The Balaban J connectivity index is 0.00000169. The Labute approximate surface area is 167 Å². The maximum Gasteiger partial charge on any atom is 0.237 e. The summed E-state index contributed by atoms with van der Waals surface area (Å²) in [4.78, 5) is 17.8. The molecule has 7 heteroatoms. The molecular weight excluding hydrogens is 371 g/mol. The van der Waals surface area contributed by atoms with Crippen LogP contribution in [0.15, 0.2) is 30.5 Å². The van der Waals surface area contributed by atoms with E-state index in [1.54, 1.807) is 0 Å². The maximum atomic E-state index is 12.2. The van der Waals surface area contributed by atoms with Gasteiger partial charge in [-0.25, -0.2) is 0 Å². The van der Waals surface area contributed by atoms with Gasteiger partial charge in [-0.2, -0.15) is 0 Å². The molecule has 1 aliphatic rings. The van der Waals surface area contributed by atoms with Gasteiger partial charge >= 0.3 is 0 Å². The third-order valence-electron chi connectivity index (χ3n) is 5.14. The number of halogens is 2. The molecule has 0 bridgehead atoms. The number of aromatic amines is 1. The zero-order chi connectivity index (χ0) is 16.9. The van der Waals surface area contributed by atoms with Crippen LogP contribution < -0.4 is 11.1 Å². The summed E-state index contributed by atoms with van der Waals surface area (Å²) in [5.41, 5.74) is 8.29. The number of piperidine rings is 1. The van der Waals surface area contributed by atoms with Crippen molar-refractivity contribution in [2.24, 2.45) is 11.7 Å². The molecule has 4 N–H and O–H groups in total. The van der Waals surface area contributed by atoms with Crippen LogP contribution in [0.1, 0.15) is 24.8 Å². The number of carbonyl (C=O) groups excluding carboxylic acids is 1. The van der Waals surface area contributed by atoms with E-state index in [1.165, 1.54) is 25.9 Å². The monoisotopic (exact) mass is 400 g/mol. The molecule has 26 heavy (non-hydrogen) atoms. The van der Waals surface area contributed by atoms with Gasteiger partial charge in [-0.05, 0) is 63.4 Å². The number of likely N-dealkylation sites (tertiary alicyclic amines) is 1. The van der Waals surface area contributed by atoms with Crippen molar-refractivity contribution in [2.45, 2.75) is 31.7 Å². The Bertz CT molecular complexity index is 683. The number of hydrogen-bond acceptors (Lipinski definition) is 3. The molecule has 0 saturated carbocycles. The zero-order valence-corrected chi connectivity index (χ0v) is 16.9. The summed E-state index contributed by atoms with van der Waals surface area (Å²) >= 11 is 0. The molecule has 3 rings (SSSR count). The van der Waals surface area contributed by atoms with Gasteiger partial charge < -0.3 is 20.9 Å². The Morgan fingerprint density at radius 1 is 1.31 bits per heavy atom. The lowest BCUT2D eigenvalue weighted by atomic mass is 9.94. The van der Waals surface area contributed by atoms with Gasteiger partial charge in [-0.15, -0.1) is 24.8 Å². The van der Waals surface area contributed by atoms with E-state index in [1.807, 2.05) is 24.4 Å². The number of nitrogens with one attached hydrogen (secondary N) is 2. The molecule has 5 nitrogen and oxygen atoms in total. The second-order valence-corrected chi connectivity index (χ2v) is 7.00. The van der Waals surface area contributed by atoms with Crippen molar-refractivity contribution >= 4 is 41.6 Å². The quantitative estimate of drug-likeness (QED) is 0.697. The van der Waals surface area contributed by atoms with Crippen LogP contribution in [-0.2, 0) is 11.2 Å². The van der Waals surface area contributed by atoms with Gasteiger partial charge in [-0.1, -0.05) is 18.2 Å². The topological polar surface area (TPSA) is 74.2 Å². The van der Waals surface area contributed by atoms with Crippen molar-refractivity contribution in [3.8, 4) is 0 Å². The van der Waals surface area contributed by atoms with E-state index in [0.29, 0.717) is 6.42 Å². The normalized spacial score (nSPS) is 16.5. The van der Waals surface area contributed by atoms with Gasteiger partial charge in [0.25, 0.3) is 0 Å². The van der Waals surface area contributed by atoms with Crippen LogP contribution in [0.2, 0.25) is 0 Å². The number of carbonyl (C=O) groups is 1. The van der Waals surface area contributed by atoms with E-state index in [-0.39, 0.29) is 30.7 Å². The van der Waals surface area contributed by atoms with Gasteiger partial charge in [0.1, 0.15) is 0 Å². The van der Waals surface area contributed by atoms with E-state index in [2.05, 4.69) is 28.3 Å². The fourth-order valence-electron chi connectivity index (χ4n) is 3.51. The predicted molar refractivity (Wildman–Crippen MR) is 112 cm³/mol. The molecule has 0 spiro atoms. The van der Waals surface area contributed by atoms with Crippen LogP contribution in [-0.4, -0.2) is 48.5 Å². The first-order valence-corrected chi connectivity index (χ1v) is 8.90. The molecule has 0 radical (unpaired) electrons. The second-order valence-electron chi connectivity index (χ2n) is 7.00. The summed E-state index contributed by atoms with van der Waals surface area (Å²) in [6, 6.07) is 7.60. The van der Waals surface area contributed by atoms with E-state index < -0.39 is 6.04 Å². The molecule has 1 fully saturated rings. The molecule has 2 heterocycles. The maximum absolute atomic E-state index is 12.2. The van der Waals surface area contributed by atoms with Crippen molar-refractivity contribution in [1.29, 1.82) is 0 Å². The van der Waals surface area contributed by atoms with E-state index >= 15 is 0 Å². The van der Waals surface area contributed by atoms with Crippen LogP contribution >= 0.6 is 24.8 Å². The minimum absolute atomic E-state index is 0. The third kappa shape index (κ3) is 5.88. The molecular formula is C19H30Cl2N4O. The van der Waals surface area contributed by atoms with Gasteiger partial charge in [0.2, 0.25) is 5.91 Å². The van der Waals surface area contributed by atoms with Gasteiger partial charge in [-0.3, -0.25) is 4.79 Å².